The fourth-order valence-corrected chi connectivity index (χ4v) is 3.44. The van der Waals surface area contributed by atoms with Gasteiger partial charge in [0.15, 0.2) is 6.61 Å². The van der Waals surface area contributed by atoms with Crippen LogP contribution in [0.1, 0.15) is 20.3 Å². The Labute approximate surface area is 162 Å². The predicted octanol–water partition coefficient (Wildman–Crippen LogP) is 3.57. The quantitative estimate of drug-likeness (QED) is 0.691. The van der Waals surface area contributed by atoms with Crippen LogP contribution in [0.4, 0.5) is 10.1 Å². The molecule has 2 aromatic carbocycles. The van der Waals surface area contributed by atoms with Gasteiger partial charge in [0.25, 0.3) is 15.9 Å². The molecule has 0 fully saturated rings. The average Bonchev–Trinajstić information content (AvgIpc) is 2.62. The van der Waals surface area contributed by atoms with E-state index in [2.05, 4.69) is 10.0 Å². The highest BCUT2D eigenvalue weighted by atomic mass is 35.5. The molecule has 6 nitrogen and oxygen atoms in total. The molecule has 0 aromatic heterocycles. The second kappa shape index (κ2) is 9.05. The molecule has 0 unspecified atom stereocenters. The first-order valence-corrected chi connectivity index (χ1v) is 10.1. The molecule has 1 amide bonds. The van der Waals surface area contributed by atoms with Crippen molar-refractivity contribution in [3.05, 3.63) is 53.3 Å². The van der Waals surface area contributed by atoms with Crippen LogP contribution in [0.2, 0.25) is 5.02 Å². The van der Waals surface area contributed by atoms with E-state index in [9.17, 15) is 17.6 Å². The van der Waals surface area contributed by atoms with Crippen molar-refractivity contribution < 1.29 is 22.3 Å². The van der Waals surface area contributed by atoms with Gasteiger partial charge in [-0.15, -0.1) is 0 Å². The minimum absolute atomic E-state index is 0.0293. The van der Waals surface area contributed by atoms with E-state index in [0.29, 0.717) is 0 Å². The van der Waals surface area contributed by atoms with Crippen LogP contribution in [0, 0.1) is 5.82 Å². The highest BCUT2D eigenvalue weighted by Gasteiger charge is 2.17. The highest BCUT2D eigenvalue weighted by molar-refractivity contribution is 7.92. The number of carbonyl (C=O) groups excluding carboxylic acids is 1. The molecule has 2 aromatic rings. The Bertz CT molecular complexity index is 904. The van der Waals surface area contributed by atoms with Crippen molar-refractivity contribution >= 4 is 33.2 Å². The third-order valence-corrected chi connectivity index (χ3v) is 5.36. The first-order chi connectivity index (χ1) is 12.7. The molecule has 0 saturated carbocycles. The fraction of sp³-hybridized carbons (Fsp3) is 0.278. The molecule has 0 saturated heterocycles. The Morgan fingerprint density at radius 2 is 1.89 bits per heavy atom. The number of carbonyl (C=O) groups is 1. The zero-order chi connectivity index (χ0) is 20.0. The minimum atomic E-state index is -3.91. The summed E-state index contributed by atoms with van der Waals surface area (Å²) in [5.41, 5.74) is 0.217. The van der Waals surface area contributed by atoms with Crippen LogP contribution in [0.3, 0.4) is 0 Å². The van der Waals surface area contributed by atoms with Crippen LogP contribution in [0.5, 0.6) is 5.75 Å². The van der Waals surface area contributed by atoms with E-state index >= 15 is 0 Å². The van der Waals surface area contributed by atoms with Gasteiger partial charge in [-0.2, -0.15) is 0 Å². The van der Waals surface area contributed by atoms with Crippen LogP contribution in [0.25, 0.3) is 0 Å². The van der Waals surface area contributed by atoms with Crippen molar-refractivity contribution in [2.75, 3.05) is 11.3 Å². The summed E-state index contributed by atoms with van der Waals surface area (Å²) >= 11 is 6.08. The molecule has 0 aliphatic heterocycles. The number of benzene rings is 2. The second-order valence-electron chi connectivity index (χ2n) is 5.87. The molecule has 0 aliphatic rings. The summed E-state index contributed by atoms with van der Waals surface area (Å²) in [6.45, 7) is 3.59. The van der Waals surface area contributed by atoms with Crippen LogP contribution in [0.15, 0.2) is 47.4 Å². The monoisotopic (exact) mass is 414 g/mol. The maximum Gasteiger partial charge on any atom is 0.261 e. The van der Waals surface area contributed by atoms with Gasteiger partial charge >= 0.3 is 0 Å². The van der Waals surface area contributed by atoms with Gasteiger partial charge in [0.2, 0.25) is 0 Å². The van der Waals surface area contributed by atoms with Gasteiger partial charge in [0.05, 0.1) is 9.92 Å². The third-order valence-electron chi connectivity index (χ3n) is 3.69. The third kappa shape index (κ3) is 6.11. The number of nitrogens with one attached hydrogen (secondary N) is 2. The van der Waals surface area contributed by atoms with E-state index in [1.54, 1.807) is 0 Å². The summed E-state index contributed by atoms with van der Waals surface area (Å²) in [4.78, 5) is 11.6. The predicted molar refractivity (Wildman–Crippen MR) is 102 cm³/mol. The lowest BCUT2D eigenvalue weighted by Crippen LogP contribution is -2.35. The van der Waals surface area contributed by atoms with E-state index in [4.69, 9.17) is 16.3 Å². The summed E-state index contributed by atoms with van der Waals surface area (Å²) in [6, 6.07) is 8.83. The summed E-state index contributed by atoms with van der Waals surface area (Å²) in [7, 11) is -3.91. The van der Waals surface area contributed by atoms with Crippen LogP contribution < -0.4 is 14.8 Å². The Balaban J connectivity index is 2.06. The fourth-order valence-electron chi connectivity index (χ4n) is 2.06. The number of amides is 1. The lowest BCUT2D eigenvalue weighted by atomic mass is 10.2. The van der Waals surface area contributed by atoms with Crippen molar-refractivity contribution in [1.82, 2.24) is 5.32 Å². The average molecular weight is 415 g/mol. The molecule has 0 radical (unpaired) electrons. The van der Waals surface area contributed by atoms with Gasteiger partial charge in [0, 0.05) is 11.7 Å². The molecule has 146 valence electrons. The van der Waals surface area contributed by atoms with Crippen molar-refractivity contribution in [2.24, 2.45) is 0 Å². The molecule has 0 aliphatic carbocycles. The summed E-state index contributed by atoms with van der Waals surface area (Å²) < 4.78 is 45.4. The number of hydrogen-bond acceptors (Lipinski definition) is 4. The first kappa shape index (κ1) is 21.0. The second-order valence-corrected chi connectivity index (χ2v) is 7.96. The molecule has 0 bridgehead atoms. The van der Waals surface area contributed by atoms with Crippen LogP contribution in [-0.4, -0.2) is 27.0 Å². The molecular formula is C18H20ClFN2O4S. The van der Waals surface area contributed by atoms with E-state index < -0.39 is 15.8 Å². The maximum atomic E-state index is 12.9. The maximum absolute atomic E-state index is 12.9. The minimum Gasteiger partial charge on any atom is -0.482 e. The first-order valence-electron chi connectivity index (χ1n) is 8.21. The summed E-state index contributed by atoms with van der Waals surface area (Å²) in [5, 5.41) is 2.80. The van der Waals surface area contributed by atoms with Gasteiger partial charge in [0.1, 0.15) is 11.6 Å². The SMILES string of the molecule is CC[C@H](C)NC(=O)COc1ccc(S(=O)(=O)Nc2ccc(F)cc2)cc1Cl. The van der Waals surface area contributed by atoms with Gasteiger partial charge in [-0.05, 0) is 55.8 Å². The van der Waals surface area contributed by atoms with Gasteiger partial charge in [-0.3, -0.25) is 9.52 Å². The standard InChI is InChI=1S/C18H20ClFN2O4S/c1-3-12(2)21-18(23)11-26-17-9-8-15(10-16(17)19)27(24,25)22-14-6-4-13(20)5-7-14/h4-10,12,22H,3,11H2,1-2H3,(H,21,23)/t12-/m0/s1. The van der Waals surface area contributed by atoms with Crippen LogP contribution in [-0.2, 0) is 14.8 Å². The normalized spacial score (nSPS) is 12.3. The lowest BCUT2D eigenvalue weighted by Gasteiger charge is -2.13. The number of halogens is 2. The lowest BCUT2D eigenvalue weighted by molar-refractivity contribution is -0.123. The Morgan fingerprint density at radius 3 is 2.48 bits per heavy atom. The Kier molecular flexibility index (Phi) is 7.04. The van der Waals surface area contributed by atoms with Crippen molar-refractivity contribution in [3.63, 3.8) is 0 Å². The summed E-state index contributed by atoms with van der Waals surface area (Å²) in [5.74, 6) is -0.577. The number of rotatable bonds is 8. The summed E-state index contributed by atoms with van der Waals surface area (Å²) in [6.07, 6.45) is 0.792. The number of sulfonamides is 1. The molecule has 2 rings (SSSR count). The molecule has 9 heteroatoms. The van der Waals surface area contributed by atoms with Crippen LogP contribution >= 0.6 is 11.6 Å². The molecule has 0 spiro atoms. The van der Waals surface area contributed by atoms with Gasteiger partial charge in [-0.1, -0.05) is 18.5 Å². The van der Waals surface area contributed by atoms with E-state index in [1.807, 2.05) is 13.8 Å². The smallest absolute Gasteiger partial charge is 0.261 e. The van der Waals surface area contributed by atoms with E-state index in [-0.39, 0.29) is 39.9 Å². The number of ether oxygens (including phenoxy) is 1. The zero-order valence-electron chi connectivity index (χ0n) is 14.8. The largest absolute Gasteiger partial charge is 0.482 e. The molecule has 2 N–H and O–H groups in total. The van der Waals surface area contributed by atoms with E-state index in [1.165, 1.54) is 30.3 Å². The van der Waals surface area contributed by atoms with E-state index in [0.717, 1.165) is 18.6 Å². The van der Waals surface area contributed by atoms with Crippen molar-refractivity contribution in [3.8, 4) is 5.75 Å². The molecule has 0 heterocycles. The zero-order valence-corrected chi connectivity index (χ0v) is 16.4. The number of hydrogen-bond donors (Lipinski definition) is 2. The molecule has 1 atom stereocenters. The molecular weight excluding hydrogens is 395 g/mol. The van der Waals surface area contributed by atoms with Gasteiger partial charge in [-0.25, -0.2) is 12.8 Å². The Morgan fingerprint density at radius 1 is 1.22 bits per heavy atom. The van der Waals surface area contributed by atoms with Crippen molar-refractivity contribution in [2.45, 2.75) is 31.2 Å². The highest BCUT2D eigenvalue weighted by Crippen LogP contribution is 2.28. The van der Waals surface area contributed by atoms with Gasteiger partial charge < -0.3 is 10.1 Å². The Hall–Kier alpha value is -2.32. The topological polar surface area (TPSA) is 84.5 Å². The number of anilines is 1. The van der Waals surface area contributed by atoms with Crippen molar-refractivity contribution in [1.29, 1.82) is 0 Å². The molecule has 27 heavy (non-hydrogen) atoms.